The summed E-state index contributed by atoms with van der Waals surface area (Å²) in [6, 6.07) is -1.42. The van der Waals surface area contributed by atoms with E-state index in [1.807, 2.05) is 19.0 Å². The number of fused-ring (bicyclic) bond motifs is 1. The summed E-state index contributed by atoms with van der Waals surface area (Å²) in [5.41, 5.74) is 5.77. The van der Waals surface area contributed by atoms with Crippen molar-refractivity contribution >= 4 is 35.4 Å². The number of aromatic nitrogens is 4. The standard InChI is InChI=1S/C13H21N7O3S2/c1-18(2)3-4-19-13(15-16-17-19)25-6-7-5-24-11-8(14)10(21)20(11)9(7)12(22)23/h7-9,11H,3-6,14H2,1-2H3,(H,22,23)/t7-,8-,9+,11+/m0/s1. The maximum absolute atomic E-state index is 12.0. The lowest BCUT2D eigenvalue weighted by atomic mass is 9.95. The van der Waals surface area contributed by atoms with Crippen molar-refractivity contribution in [3.05, 3.63) is 0 Å². The number of likely N-dealkylation sites (N-methyl/N-ethyl adjacent to an activating group) is 1. The van der Waals surface area contributed by atoms with E-state index in [-0.39, 0.29) is 17.2 Å². The van der Waals surface area contributed by atoms with Gasteiger partial charge in [-0.05, 0) is 24.5 Å². The van der Waals surface area contributed by atoms with Crippen LogP contribution in [0.5, 0.6) is 0 Å². The van der Waals surface area contributed by atoms with Crippen LogP contribution in [0.15, 0.2) is 5.16 Å². The van der Waals surface area contributed by atoms with E-state index in [4.69, 9.17) is 5.73 Å². The first kappa shape index (κ1) is 18.4. The highest BCUT2D eigenvalue weighted by Gasteiger charge is 2.55. The Morgan fingerprint density at radius 3 is 2.96 bits per heavy atom. The van der Waals surface area contributed by atoms with Gasteiger partial charge in [0.2, 0.25) is 11.1 Å². The van der Waals surface area contributed by atoms with Crippen LogP contribution in [0.4, 0.5) is 0 Å². The number of rotatable bonds is 7. The molecule has 0 saturated carbocycles. The fourth-order valence-corrected chi connectivity index (χ4v) is 5.55. The summed E-state index contributed by atoms with van der Waals surface area (Å²) < 4.78 is 1.71. The molecule has 138 valence electrons. The number of nitrogens with zero attached hydrogens (tertiary/aromatic N) is 6. The first-order valence-corrected chi connectivity index (χ1v) is 9.89. The number of tetrazole rings is 1. The van der Waals surface area contributed by atoms with Crippen molar-refractivity contribution in [2.75, 3.05) is 32.1 Å². The lowest BCUT2D eigenvalue weighted by molar-refractivity contribution is -0.162. The zero-order valence-corrected chi connectivity index (χ0v) is 15.6. The summed E-state index contributed by atoms with van der Waals surface area (Å²) in [5, 5.41) is 21.7. The van der Waals surface area contributed by atoms with Gasteiger partial charge in [0.25, 0.3) is 0 Å². The van der Waals surface area contributed by atoms with Crippen LogP contribution in [-0.4, -0.2) is 96.6 Å². The monoisotopic (exact) mass is 387 g/mol. The number of hydrogen-bond acceptors (Lipinski definition) is 9. The van der Waals surface area contributed by atoms with E-state index < -0.39 is 18.1 Å². The number of carbonyl (C=O) groups excluding carboxylic acids is 1. The molecule has 0 spiro atoms. The molecule has 3 rings (SSSR count). The van der Waals surface area contributed by atoms with E-state index in [0.29, 0.717) is 23.2 Å². The summed E-state index contributed by atoms with van der Waals surface area (Å²) in [4.78, 5) is 27.1. The predicted molar refractivity (Wildman–Crippen MR) is 93.1 cm³/mol. The molecule has 0 aliphatic carbocycles. The number of carboxylic acid groups (broad SMARTS) is 1. The molecule has 12 heteroatoms. The number of amides is 1. The third-order valence-electron chi connectivity index (χ3n) is 4.29. The molecule has 1 aromatic heterocycles. The highest BCUT2D eigenvalue weighted by molar-refractivity contribution is 8.00. The van der Waals surface area contributed by atoms with Crippen LogP contribution >= 0.6 is 23.5 Å². The molecule has 0 aromatic carbocycles. The minimum absolute atomic E-state index is 0.181. The first-order chi connectivity index (χ1) is 11.9. The van der Waals surface area contributed by atoms with E-state index in [1.165, 1.54) is 16.7 Å². The number of β-lactam (4-membered cyclic amide) rings is 1. The third kappa shape index (κ3) is 3.61. The van der Waals surface area contributed by atoms with E-state index >= 15 is 0 Å². The number of carbonyl (C=O) groups is 2. The Morgan fingerprint density at radius 2 is 2.28 bits per heavy atom. The molecule has 2 fully saturated rings. The van der Waals surface area contributed by atoms with Gasteiger partial charge in [-0.2, -0.15) is 0 Å². The molecule has 10 nitrogen and oxygen atoms in total. The van der Waals surface area contributed by atoms with Crippen molar-refractivity contribution in [1.29, 1.82) is 0 Å². The van der Waals surface area contributed by atoms with Gasteiger partial charge in [0.15, 0.2) is 0 Å². The Balaban J connectivity index is 1.64. The summed E-state index contributed by atoms with van der Waals surface area (Å²) >= 11 is 2.97. The minimum atomic E-state index is -0.983. The highest BCUT2D eigenvalue weighted by Crippen LogP contribution is 2.41. The number of thioether (sulfide) groups is 2. The van der Waals surface area contributed by atoms with Crippen LogP contribution in [0.3, 0.4) is 0 Å². The molecule has 1 amide bonds. The van der Waals surface area contributed by atoms with Gasteiger partial charge in [-0.15, -0.1) is 16.9 Å². The van der Waals surface area contributed by atoms with Crippen LogP contribution in [0.1, 0.15) is 0 Å². The van der Waals surface area contributed by atoms with E-state index in [2.05, 4.69) is 15.5 Å². The highest BCUT2D eigenvalue weighted by atomic mass is 32.2. The predicted octanol–water partition coefficient (Wildman–Crippen LogP) is -1.36. The molecule has 4 atom stereocenters. The van der Waals surface area contributed by atoms with Crippen LogP contribution in [0.2, 0.25) is 0 Å². The zero-order chi connectivity index (χ0) is 18.1. The molecule has 3 heterocycles. The van der Waals surface area contributed by atoms with Gasteiger partial charge < -0.3 is 20.6 Å². The van der Waals surface area contributed by atoms with E-state index in [1.54, 1.807) is 16.4 Å². The second-order valence-electron chi connectivity index (χ2n) is 6.34. The fraction of sp³-hybridized carbons (Fsp3) is 0.769. The Morgan fingerprint density at radius 1 is 1.52 bits per heavy atom. The summed E-state index contributed by atoms with van der Waals surface area (Å²) in [6.07, 6.45) is 0. The molecular weight excluding hydrogens is 366 g/mol. The molecule has 0 radical (unpaired) electrons. The number of carboxylic acids is 1. The van der Waals surface area contributed by atoms with Crippen LogP contribution in [-0.2, 0) is 16.1 Å². The van der Waals surface area contributed by atoms with Crippen molar-refractivity contribution < 1.29 is 14.7 Å². The summed E-state index contributed by atoms with van der Waals surface area (Å²) in [5.74, 6) is -0.276. The lowest BCUT2D eigenvalue weighted by Gasteiger charge is -2.53. The Kier molecular flexibility index (Phi) is 5.51. The summed E-state index contributed by atoms with van der Waals surface area (Å²) in [7, 11) is 3.94. The molecular formula is C13H21N7O3S2. The minimum Gasteiger partial charge on any atom is -0.480 e. The topological polar surface area (TPSA) is 130 Å². The molecule has 1 aromatic rings. The molecule has 2 aliphatic heterocycles. The molecule has 25 heavy (non-hydrogen) atoms. The largest absolute Gasteiger partial charge is 0.480 e. The SMILES string of the molecule is CN(C)CCn1nnnc1SC[C@@H]1CS[C@@H]2[C@@H](N)C(=O)N2[C@H]1C(=O)O. The van der Waals surface area contributed by atoms with Gasteiger partial charge in [-0.1, -0.05) is 11.8 Å². The molecule has 3 N–H and O–H groups in total. The summed E-state index contributed by atoms with van der Waals surface area (Å²) in [6.45, 7) is 1.46. The Hall–Kier alpha value is -1.37. The number of hydrogen-bond donors (Lipinski definition) is 2. The number of aliphatic carboxylic acids is 1. The van der Waals surface area contributed by atoms with Crippen molar-refractivity contribution in [3.8, 4) is 0 Å². The lowest BCUT2D eigenvalue weighted by Crippen LogP contribution is -2.74. The maximum Gasteiger partial charge on any atom is 0.326 e. The Bertz CT molecular complexity index is 655. The molecule has 2 saturated heterocycles. The van der Waals surface area contributed by atoms with Crippen molar-refractivity contribution in [2.45, 2.75) is 29.2 Å². The van der Waals surface area contributed by atoms with Gasteiger partial charge >= 0.3 is 5.97 Å². The van der Waals surface area contributed by atoms with Gasteiger partial charge in [0.05, 0.1) is 6.54 Å². The third-order valence-corrected chi connectivity index (χ3v) is 6.91. The van der Waals surface area contributed by atoms with Crippen molar-refractivity contribution in [2.24, 2.45) is 11.7 Å². The quantitative estimate of drug-likeness (QED) is 0.427. The fourth-order valence-electron chi connectivity index (χ4n) is 2.91. The average Bonchev–Trinajstić information content (AvgIpc) is 3.03. The molecule has 2 aliphatic rings. The van der Waals surface area contributed by atoms with Crippen LogP contribution in [0.25, 0.3) is 0 Å². The van der Waals surface area contributed by atoms with Gasteiger partial charge in [0.1, 0.15) is 17.5 Å². The second kappa shape index (κ2) is 7.48. The molecule has 0 bridgehead atoms. The normalized spacial score (nSPS) is 28.8. The Labute approximate surface area is 153 Å². The van der Waals surface area contributed by atoms with Crippen molar-refractivity contribution in [1.82, 2.24) is 30.0 Å². The van der Waals surface area contributed by atoms with E-state index in [0.717, 1.165) is 6.54 Å². The number of nitrogens with two attached hydrogens (primary N) is 1. The van der Waals surface area contributed by atoms with Gasteiger partial charge in [-0.3, -0.25) is 4.79 Å². The zero-order valence-electron chi connectivity index (χ0n) is 14.0. The first-order valence-electron chi connectivity index (χ1n) is 7.86. The average molecular weight is 387 g/mol. The second-order valence-corrected chi connectivity index (χ2v) is 8.47. The van der Waals surface area contributed by atoms with Crippen molar-refractivity contribution in [3.63, 3.8) is 0 Å². The van der Waals surface area contributed by atoms with E-state index in [9.17, 15) is 14.7 Å². The molecule has 0 unspecified atom stereocenters. The maximum atomic E-state index is 12.0. The smallest absolute Gasteiger partial charge is 0.326 e. The van der Waals surface area contributed by atoms with Gasteiger partial charge in [-0.25, -0.2) is 9.48 Å². The van der Waals surface area contributed by atoms with Gasteiger partial charge in [0, 0.05) is 24.0 Å². The van der Waals surface area contributed by atoms with Crippen LogP contribution in [0, 0.1) is 5.92 Å². The van der Waals surface area contributed by atoms with Crippen LogP contribution < -0.4 is 5.73 Å².